The van der Waals surface area contributed by atoms with Gasteiger partial charge >= 0.3 is 6.09 Å². The number of amides is 1. The summed E-state index contributed by atoms with van der Waals surface area (Å²) < 4.78 is 5.63. The van der Waals surface area contributed by atoms with E-state index in [1.807, 2.05) is 0 Å². The minimum absolute atomic E-state index is 0.199. The van der Waals surface area contributed by atoms with Crippen molar-refractivity contribution in [2.24, 2.45) is 0 Å². The van der Waals surface area contributed by atoms with Gasteiger partial charge in [0, 0.05) is 31.6 Å². The smallest absolute Gasteiger partial charge is 0.415 e. The number of phenols is 1. The fourth-order valence-corrected chi connectivity index (χ4v) is 2.74. The van der Waals surface area contributed by atoms with Gasteiger partial charge in [-0.2, -0.15) is 0 Å². The van der Waals surface area contributed by atoms with E-state index in [4.69, 9.17) is 4.74 Å². The molecule has 0 aliphatic carbocycles. The predicted molar refractivity (Wildman–Crippen MR) is 71.4 cm³/mol. The Labute approximate surface area is 112 Å². The number of aromatic hydroxyl groups is 1. The van der Waals surface area contributed by atoms with Gasteiger partial charge in [-0.1, -0.05) is 0 Å². The van der Waals surface area contributed by atoms with Crippen molar-refractivity contribution in [2.75, 3.05) is 31.6 Å². The van der Waals surface area contributed by atoms with Gasteiger partial charge in [0.25, 0.3) is 0 Å². The van der Waals surface area contributed by atoms with Crippen LogP contribution in [0.25, 0.3) is 0 Å². The summed E-state index contributed by atoms with van der Waals surface area (Å²) in [6, 6.07) is 6.65. The van der Waals surface area contributed by atoms with Crippen molar-refractivity contribution in [2.45, 2.75) is 18.4 Å². The lowest BCUT2D eigenvalue weighted by Gasteiger charge is -2.35. The Morgan fingerprint density at radius 3 is 2.47 bits per heavy atom. The lowest BCUT2D eigenvalue weighted by Crippen LogP contribution is -2.45. The van der Waals surface area contributed by atoms with E-state index in [2.05, 4.69) is 11.9 Å². The largest absolute Gasteiger partial charge is 0.508 e. The third-order valence-corrected chi connectivity index (χ3v) is 4.03. The second kappa shape index (κ2) is 4.42. The predicted octanol–water partition coefficient (Wildman–Crippen LogP) is 1.81. The van der Waals surface area contributed by atoms with Crippen LogP contribution in [-0.4, -0.2) is 48.4 Å². The molecular weight excluding hydrogens is 244 g/mol. The molecule has 1 N–H and O–H groups in total. The van der Waals surface area contributed by atoms with Crippen LogP contribution in [0, 0.1) is 0 Å². The van der Waals surface area contributed by atoms with Gasteiger partial charge in [0.2, 0.25) is 0 Å². The van der Waals surface area contributed by atoms with Crippen molar-refractivity contribution in [1.82, 2.24) is 4.90 Å². The molecule has 5 nitrogen and oxygen atoms in total. The molecule has 2 aliphatic heterocycles. The zero-order chi connectivity index (χ0) is 13.5. The second-order valence-electron chi connectivity index (χ2n) is 5.46. The third-order valence-electron chi connectivity index (χ3n) is 4.03. The Hall–Kier alpha value is -1.75. The summed E-state index contributed by atoms with van der Waals surface area (Å²) in [7, 11) is 2.08. The van der Waals surface area contributed by atoms with Gasteiger partial charge < -0.3 is 14.7 Å². The summed E-state index contributed by atoms with van der Waals surface area (Å²) in [5.41, 5.74) is 0.445. The number of piperidine rings is 1. The summed E-state index contributed by atoms with van der Waals surface area (Å²) in [5.74, 6) is 0.199. The number of ether oxygens (including phenoxy) is 1. The zero-order valence-corrected chi connectivity index (χ0v) is 11.0. The molecule has 1 amide bonds. The number of hydrogen-bond acceptors (Lipinski definition) is 4. The average Bonchev–Trinajstić information content (AvgIpc) is 2.72. The standard InChI is InChI=1S/C14H18N2O3/c1-15-8-6-14(7-9-15)10-16(13(18)19-14)11-2-4-12(17)5-3-11/h2-5,17H,6-10H2,1H3. The van der Waals surface area contributed by atoms with Crippen LogP contribution in [0.4, 0.5) is 10.5 Å². The number of carbonyl (C=O) groups is 1. The van der Waals surface area contributed by atoms with Crippen molar-refractivity contribution in [3.8, 4) is 5.75 Å². The quantitative estimate of drug-likeness (QED) is 0.838. The molecule has 3 rings (SSSR count). The molecule has 0 bridgehead atoms. The fourth-order valence-electron chi connectivity index (χ4n) is 2.74. The molecule has 1 aromatic rings. The molecule has 2 saturated heterocycles. The van der Waals surface area contributed by atoms with E-state index in [1.54, 1.807) is 29.2 Å². The number of anilines is 1. The second-order valence-corrected chi connectivity index (χ2v) is 5.46. The van der Waals surface area contributed by atoms with Gasteiger partial charge in [-0.3, -0.25) is 4.90 Å². The van der Waals surface area contributed by atoms with Crippen LogP contribution in [0.1, 0.15) is 12.8 Å². The Morgan fingerprint density at radius 1 is 1.21 bits per heavy atom. The molecular formula is C14H18N2O3. The van der Waals surface area contributed by atoms with E-state index < -0.39 is 0 Å². The first-order chi connectivity index (χ1) is 9.08. The number of rotatable bonds is 1. The summed E-state index contributed by atoms with van der Waals surface area (Å²) in [5, 5.41) is 9.30. The van der Waals surface area contributed by atoms with Crippen LogP contribution in [0.5, 0.6) is 5.75 Å². The van der Waals surface area contributed by atoms with Crippen LogP contribution in [0.15, 0.2) is 24.3 Å². The van der Waals surface area contributed by atoms with Gasteiger partial charge in [-0.05, 0) is 31.3 Å². The topological polar surface area (TPSA) is 53.0 Å². The molecule has 2 heterocycles. The molecule has 2 fully saturated rings. The zero-order valence-electron chi connectivity index (χ0n) is 11.0. The average molecular weight is 262 g/mol. The Balaban J connectivity index is 1.78. The maximum Gasteiger partial charge on any atom is 0.415 e. The van der Waals surface area contributed by atoms with Crippen molar-refractivity contribution in [3.63, 3.8) is 0 Å². The van der Waals surface area contributed by atoms with Crippen molar-refractivity contribution in [3.05, 3.63) is 24.3 Å². The molecule has 19 heavy (non-hydrogen) atoms. The van der Waals surface area contributed by atoms with Crippen LogP contribution in [-0.2, 0) is 4.74 Å². The summed E-state index contributed by atoms with van der Waals surface area (Å²) in [6.45, 7) is 2.51. The van der Waals surface area contributed by atoms with E-state index in [0.29, 0.717) is 6.54 Å². The van der Waals surface area contributed by atoms with E-state index in [9.17, 15) is 9.90 Å². The summed E-state index contributed by atoms with van der Waals surface area (Å²) >= 11 is 0. The molecule has 0 radical (unpaired) electrons. The first-order valence-corrected chi connectivity index (χ1v) is 6.56. The van der Waals surface area contributed by atoms with Crippen molar-refractivity contribution >= 4 is 11.8 Å². The maximum atomic E-state index is 12.0. The van der Waals surface area contributed by atoms with Crippen LogP contribution < -0.4 is 4.90 Å². The lowest BCUT2D eigenvalue weighted by molar-refractivity contribution is 0.00678. The SMILES string of the molecule is CN1CCC2(CC1)CN(c1ccc(O)cc1)C(=O)O2. The lowest BCUT2D eigenvalue weighted by atomic mass is 9.91. The number of hydrogen-bond donors (Lipinski definition) is 1. The normalized spacial score (nSPS) is 22.8. The molecule has 2 aliphatic rings. The highest BCUT2D eigenvalue weighted by Crippen LogP contribution is 2.35. The number of nitrogens with zero attached hydrogens (tertiary/aromatic N) is 2. The van der Waals surface area contributed by atoms with E-state index in [0.717, 1.165) is 31.6 Å². The van der Waals surface area contributed by atoms with Gasteiger partial charge in [-0.15, -0.1) is 0 Å². The highest BCUT2D eigenvalue weighted by Gasteiger charge is 2.46. The number of carbonyl (C=O) groups excluding carboxylic acids is 1. The minimum atomic E-state index is -0.332. The van der Waals surface area contributed by atoms with Crippen LogP contribution >= 0.6 is 0 Å². The van der Waals surface area contributed by atoms with Gasteiger partial charge in [0.05, 0.1) is 6.54 Å². The van der Waals surface area contributed by atoms with Crippen molar-refractivity contribution in [1.29, 1.82) is 0 Å². The molecule has 0 atom stereocenters. The van der Waals surface area contributed by atoms with Crippen LogP contribution in [0.2, 0.25) is 0 Å². The summed E-state index contributed by atoms with van der Waals surface area (Å²) in [6.07, 6.45) is 1.48. The Kier molecular flexibility index (Phi) is 2.86. The van der Waals surface area contributed by atoms with Crippen molar-refractivity contribution < 1.29 is 14.6 Å². The van der Waals surface area contributed by atoms with Gasteiger partial charge in [-0.25, -0.2) is 4.79 Å². The van der Waals surface area contributed by atoms with Gasteiger partial charge in [0.15, 0.2) is 0 Å². The molecule has 1 aromatic carbocycles. The summed E-state index contributed by atoms with van der Waals surface area (Å²) in [4.78, 5) is 16.0. The van der Waals surface area contributed by atoms with E-state index in [-0.39, 0.29) is 17.4 Å². The monoisotopic (exact) mass is 262 g/mol. The molecule has 0 unspecified atom stereocenters. The van der Waals surface area contributed by atoms with Crippen LogP contribution in [0.3, 0.4) is 0 Å². The first kappa shape index (κ1) is 12.3. The number of phenolic OH excluding ortho intramolecular Hbond substituents is 1. The minimum Gasteiger partial charge on any atom is -0.508 e. The number of likely N-dealkylation sites (tertiary alicyclic amines) is 1. The molecule has 102 valence electrons. The Bertz CT molecular complexity index is 478. The molecule has 5 heteroatoms. The Morgan fingerprint density at radius 2 is 1.84 bits per heavy atom. The molecule has 1 spiro atoms. The molecule has 0 aromatic heterocycles. The highest BCUT2D eigenvalue weighted by molar-refractivity contribution is 5.90. The highest BCUT2D eigenvalue weighted by atomic mass is 16.6. The fraction of sp³-hybridized carbons (Fsp3) is 0.500. The van der Waals surface area contributed by atoms with E-state index in [1.165, 1.54) is 0 Å². The van der Waals surface area contributed by atoms with E-state index >= 15 is 0 Å². The third kappa shape index (κ3) is 2.26. The molecule has 0 saturated carbocycles. The maximum absolute atomic E-state index is 12.0. The first-order valence-electron chi connectivity index (χ1n) is 6.56. The number of benzene rings is 1. The van der Waals surface area contributed by atoms with Gasteiger partial charge in [0.1, 0.15) is 11.4 Å².